The van der Waals surface area contributed by atoms with Gasteiger partial charge in [0.2, 0.25) is 0 Å². The number of rotatable bonds is 39. The molecule has 0 aliphatic rings. The molecule has 65 heavy (non-hydrogen) atoms. The maximum atomic E-state index is 11.1. The number of carbonyl (C=O) groups excluding carboxylic acids is 3. The second kappa shape index (κ2) is 48.2. The minimum atomic E-state index is -4.30. The van der Waals surface area contributed by atoms with Gasteiger partial charge in [-0.25, -0.2) is 14.4 Å². The van der Waals surface area contributed by atoms with Crippen LogP contribution in [0, 0.1) is 0 Å². The molecular weight excluding hydrogens is 927 g/mol. The Kier molecular flexibility index (Phi) is 54.2. The van der Waals surface area contributed by atoms with Crippen molar-refractivity contribution < 1.29 is 71.6 Å². The molecule has 0 aliphatic carbocycles. The van der Waals surface area contributed by atoms with Crippen molar-refractivity contribution in [3.8, 4) is 0 Å². The molecule has 0 radical (unpaired) electrons. The maximum absolute atomic E-state index is 11.1. The van der Waals surface area contributed by atoms with Gasteiger partial charge in [0, 0.05) is 16.7 Å². The first-order valence-corrected chi connectivity index (χ1v) is 28.2. The molecule has 0 spiro atoms. The van der Waals surface area contributed by atoms with Crippen LogP contribution in [0.2, 0.25) is 0 Å². The van der Waals surface area contributed by atoms with Crippen LogP contribution in [0.5, 0.6) is 0 Å². The smallest absolute Gasteiger partial charge is 0.811 e. The fourth-order valence-corrected chi connectivity index (χ4v) is 7.63. The van der Waals surface area contributed by atoms with Crippen molar-refractivity contribution in [3.05, 3.63) is 36.5 Å². The molecule has 15 nitrogen and oxygen atoms in total. The summed E-state index contributed by atoms with van der Waals surface area (Å²) >= 11 is 0. The van der Waals surface area contributed by atoms with Gasteiger partial charge in [0.05, 0.1) is 19.8 Å². The number of carbonyl (C=O) groups is 3. The Morgan fingerprint density at radius 1 is 0.323 bits per heavy atom. The number of unbranched alkanes of at least 4 members (excludes halogenated alkanes) is 24. The molecule has 20 heteroatoms. The van der Waals surface area contributed by atoms with E-state index in [1.54, 1.807) is 20.8 Å². The zero-order valence-corrected chi connectivity index (χ0v) is 45.1. The van der Waals surface area contributed by atoms with Crippen LogP contribution in [0.4, 0.5) is 0 Å². The van der Waals surface area contributed by atoms with Gasteiger partial charge in [-0.15, -0.1) is 0 Å². The van der Waals surface area contributed by atoms with E-state index in [9.17, 15) is 57.4 Å². The van der Waals surface area contributed by atoms with E-state index in [1.807, 2.05) is 0 Å². The second-order valence-corrected chi connectivity index (χ2v) is 21.3. The Morgan fingerprint density at radius 2 is 0.462 bits per heavy atom. The summed E-state index contributed by atoms with van der Waals surface area (Å²) in [6.45, 7) is 16.8. The molecule has 0 bridgehead atoms. The van der Waals surface area contributed by atoms with E-state index in [1.165, 1.54) is 0 Å². The Labute approximate surface area is 413 Å². The van der Waals surface area contributed by atoms with Crippen molar-refractivity contribution in [2.75, 3.05) is 38.3 Å². The minimum Gasteiger partial charge on any atom is -0.811 e. The van der Waals surface area contributed by atoms with Gasteiger partial charge in [0.15, 0.2) is 0 Å². The Bertz CT molecular complexity index is 1220. The van der Waals surface area contributed by atoms with E-state index in [4.69, 9.17) is 14.2 Å². The van der Waals surface area contributed by atoms with E-state index in [0.29, 0.717) is 55.8 Å². The van der Waals surface area contributed by atoms with Crippen LogP contribution in [-0.4, -0.2) is 90.9 Å². The normalized spacial score (nSPS) is 11.0. The van der Waals surface area contributed by atoms with E-state index in [2.05, 4.69) is 19.7 Å². The van der Waals surface area contributed by atoms with E-state index in [-0.39, 0.29) is 71.1 Å². The zero-order valence-electron chi connectivity index (χ0n) is 40.1. The first-order chi connectivity index (χ1) is 29.5. The minimum absolute atomic E-state index is 0. The molecule has 0 aliphatic heterocycles. The molecule has 0 saturated heterocycles. The fourth-order valence-electron chi connectivity index (χ4n) is 5.80. The van der Waals surface area contributed by atoms with Crippen LogP contribution in [-0.2, 0) is 42.3 Å². The summed E-state index contributed by atoms with van der Waals surface area (Å²) in [6.07, 6.45) is 25.3. The van der Waals surface area contributed by atoms with E-state index in [0.717, 1.165) is 154 Å². The van der Waals surface area contributed by atoms with Crippen LogP contribution in [0.1, 0.15) is 194 Å². The monoisotopic (exact) mass is 1010 g/mol. The van der Waals surface area contributed by atoms with Gasteiger partial charge in [-0.3, -0.25) is 0 Å². The first kappa shape index (κ1) is 73.1. The van der Waals surface area contributed by atoms with Gasteiger partial charge in [0.25, 0.3) is 0 Å². The average Bonchev–Trinajstić information content (AvgIpc) is 3.17. The predicted octanol–water partition coefficient (Wildman–Crippen LogP) is 6.83. The van der Waals surface area contributed by atoms with Crippen LogP contribution in [0.25, 0.3) is 0 Å². The van der Waals surface area contributed by atoms with Crippen molar-refractivity contribution in [2.24, 2.45) is 0 Å². The summed E-state index contributed by atoms with van der Waals surface area (Å²) in [4.78, 5) is 95.7. The summed E-state index contributed by atoms with van der Waals surface area (Å²) in [5.74, 6) is -0.970. The maximum Gasteiger partial charge on any atom is 3.00 e. The Morgan fingerprint density at radius 3 is 0.600 bits per heavy atom. The third kappa shape index (κ3) is 67.5. The molecule has 0 amide bonds. The van der Waals surface area contributed by atoms with E-state index < -0.39 is 22.8 Å². The van der Waals surface area contributed by atoms with Gasteiger partial charge >= 0.3 is 52.6 Å². The summed E-state index contributed by atoms with van der Waals surface area (Å²) in [7, 11) is -12.9. The topological polar surface area (TPSA) is 268 Å². The van der Waals surface area contributed by atoms with Gasteiger partial charge in [-0.1, -0.05) is 177 Å². The number of ether oxygens (including phenoxy) is 3. The predicted molar refractivity (Wildman–Crippen MR) is 251 cm³/mol. The molecule has 372 valence electrons. The summed E-state index contributed by atoms with van der Waals surface area (Å²) in [6, 6.07) is 0. The van der Waals surface area contributed by atoms with Gasteiger partial charge in [-0.05, 0) is 77.8 Å². The largest absolute Gasteiger partial charge is 3.00 e. The summed E-state index contributed by atoms with van der Waals surface area (Å²) in [5.41, 5.74) is 1.29. The van der Waals surface area contributed by atoms with Crippen molar-refractivity contribution in [3.63, 3.8) is 0 Å². The molecule has 0 N–H and O–H groups in total. The molecule has 0 unspecified atom stereocenters. The average molecular weight is 1010 g/mol. The Balaban J connectivity index is -0.000000273. The Hall–Kier alpha value is -0.855. The van der Waals surface area contributed by atoms with Crippen molar-refractivity contribution in [2.45, 2.75) is 194 Å². The number of hydrogen-bond donors (Lipinski definition) is 0. The third-order valence-electron chi connectivity index (χ3n) is 9.47. The first-order valence-electron chi connectivity index (χ1n) is 23.0. The molecule has 0 fully saturated rings. The molecule has 0 aromatic rings. The van der Waals surface area contributed by atoms with Crippen LogP contribution in [0.15, 0.2) is 36.5 Å². The van der Waals surface area contributed by atoms with Crippen LogP contribution in [0.3, 0.4) is 0 Å². The second-order valence-electron chi connectivity index (χ2n) is 16.3. The number of hydrogen-bond acceptors (Lipinski definition) is 15. The zero-order chi connectivity index (χ0) is 48.4. The van der Waals surface area contributed by atoms with Gasteiger partial charge in [-0.2, -0.15) is 0 Å². The standard InChI is InChI=1S/3C15H29O5P.2Al/c3*1-14(2)15(16)20-12-10-8-6-4-3-5-7-9-11-13-21(17,18)19;;/h3*1,3-13H2,2H3,(H2,17,18,19);;/q;;;2*+3/p-6. The van der Waals surface area contributed by atoms with Gasteiger partial charge < -0.3 is 57.3 Å². The van der Waals surface area contributed by atoms with Crippen molar-refractivity contribution in [1.29, 1.82) is 0 Å². The molecule has 0 rings (SSSR count). The number of esters is 3. The molecule has 0 saturated carbocycles. The molecule has 0 aromatic carbocycles. The fraction of sp³-hybridized carbons (Fsp3) is 0.800. The van der Waals surface area contributed by atoms with Gasteiger partial charge in [0.1, 0.15) is 0 Å². The molecule has 0 atom stereocenters. The van der Waals surface area contributed by atoms with E-state index >= 15 is 0 Å². The SMILES string of the molecule is C=C(C)C(=O)OCCCCCCCCCCCP(=O)([O-])[O-].C=C(C)C(=O)OCCCCCCCCCCCP(=O)([O-])[O-].C=C(C)C(=O)OCCCCCCCCCCCP(=O)([O-])[O-].[Al+3].[Al+3]. The summed E-state index contributed by atoms with van der Waals surface area (Å²) in [5, 5.41) is 0. The van der Waals surface area contributed by atoms with Crippen LogP contribution < -0.4 is 29.4 Å². The quantitative estimate of drug-likeness (QED) is 0.0152. The van der Waals surface area contributed by atoms with Crippen LogP contribution >= 0.6 is 22.8 Å². The third-order valence-corrected chi connectivity index (χ3v) is 12.1. The van der Waals surface area contributed by atoms with Crippen molar-refractivity contribution in [1.82, 2.24) is 0 Å². The molecular formula is C45H81Al2O15P3. The molecule has 0 aromatic heterocycles. The molecule has 0 heterocycles. The summed E-state index contributed by atoms with van der Waals surface area (Å²) < 4.78 is 46.2. The van der Waals surface area contributed by atoms with Crippen molar-refractivity contribution >= 4 is 75.4 Å².